The lowest BCUT2D eigenvalue weighted by atomic mass is 10.1. The van der Waals surface area contributed by atoms with Crippen LogP contribution in [0.25, 0.3) is 0 Å². The van der Waals surface area contributed by atoms with Crippen LogP contribution in [-0.4, -0.2) is 35.2 Å². The molecule has 0 aromatic rings. The first-order chi connectivity index (χ1) is 7.38. The van der Waals surface area contributed by atoms with Gasteiger partial charge in [0.1, 0.15) is 5.60 Å². The van der Waals surface area contributed by atoms with Gasteiger partial charge < -0.3 is 15.4 Å². The number of nitrogens with two attached hydrogens (primary N) is 1. The Morgan fingerprint density at radius 2 is 1.94 bits per heavy atom. The molecule has 2 atom stereocenters. The second-order valence-corrected chi connectivity index (χ2v) is 5.95. The highest BCUT2D eigenvalue weighted by molar-refractivity contribution is 5.69. The summed E-state index contributed by atoms with van der Waals surface area (Å²) in [6.45, 7) is 6.43. The molecule has 1 saturated carbocycles. The highest BCUT2D eigenvalue weighted by Gasteiger charge is 2.45. The van der Waals surface area contributed by atoms with Crippen LogP contribution >= 0.6 is 0 Å². The number of ether oxygens (including phenoxy) is 1. The molecule has 0 aromatic carbocycles. The van der Waals surface area contributed by atoms with E-state index in [0.29, 0.717) is 5.92 Å². The SMILES string of the molecule is CC(C)(C)OC(=O)N1CC[C@@H](N)[C@@H]1C1CC1. The largest absolute Gasteiger partial charge is 0.444 e. The molecule has 4 heteroatoms. The monoisotopic (exact) mass is 226 g/mol. The molecule has 0 bridgehead atoms. The van der Waals surface area contributed by atoms with Crippen LogP contribution in [-0.2, 0) is 4.74 Å². The highest BCUT2D eigenvalue weighted by atomic mass is 16.6. The van der Waals surface area contributed by atoms with Gasteiger partial charge >= 0.3 is 6.09 Å². The first-order valence-corrected chi connectivity index (χ1v) is 6.14. The molecule has 2 aliphatic rings. The number of amides is 1. The van der Waals surface area contributed by atoms with Crippen molar-refractivity contribution in [1.82, 2.24) is 4.90 Å². The average molecular weight is 226 g/mol. The van der Waals surface area contributed by atoms with Gasteiger partial charge in [0.25, 0.3) is 0 Å². The van der Waals surface area contributed by atoms with Gasteiger partial charge in [0, 0.05) is 12.6 Å². The van der Waals surface area contributed by atoms with Crippen molar-refractivity contribution in [3.05, 3.63) is 0 Å². The molecule has 1 aliphatic heterocycles. The van der Waals surface area contributed by atoms with Crippen molar-refractivity contribution in [3.8, 4) is 0 Å². The third-order valence-corrected chi connectivity index (χ3v) is 3.23. The molecule has 4 nitrogen and oxygen atoms in total. The molecule has 2 fully saturated rings. The second-order valence-electron chi connectivity index (χ2n) is 5.95. The average Bonchev–Trinajstić information content (AvgIpc) is 2.87. The molecule has 0 unspecified atom stereocenters. The summed E-state index contributed by atoms with van der Waals surface area (Å²) in [5.41, 5.74) is 5.64. The van der Waals surface area contributed by atoms with E-state index < -0.39 is 5.60 Å². The number of nitrogens with zero attached hydrogens (tertiary/aromatic N) is 1. The lowest BCUT2D eigenvalue weighted by Crippen LogP contribution is -2.46. The summed E-state index contributed by atoms with van der Waals surface area (Å²) in [6.07, 6.45) is 3.12. The number of carbonyl (C=O) groups excluding carboxylic acids is 1. The maximum atomic E-state index is 12.0. The van der Waals surface area contributed by atoms with E-state index >= 15 is 0 Å². The maximum Gasteiger partial charge on any atom is 0.410 e. The Kier molecular flexibility index (Phi) is 2.86. The minimum absolute atomic E-state index is 0.139. The Hall–Kier alpha value is -0.770. The lowest BCUT2D eigenvalue weighted by molar-refractivity contribution is 0.0202. The molecular formula is C12H22N2O2. The fraction of sp³-hybridized carbons (Fsp3) is 0.917. The molecule has 1 aliphatic carbocycles. The van der Waals surface area contributed by atoms with E-state index in [0.717, 1.165) is 13.0 Å². The van der Waals surface area contributed by atoms with Crippen molar-refractivity contribution in [2.24, 2.45) is 11.7 Å². The first kappa shape index (κ1) is 11.7. The van der Waals surface area contributed by atoms with Crippen LogP contribution in [0.3, 0.4) is 0 Å². The lowest BCUT2D eigenvalue weighted by Gasteiger charge is -2.29. The van der Waals surface area contributed by atoms with Crippen molar-refractivity contribution in [3.63, 3.8) is 0 Å². The second kappa shape index (κ2) is 3.91. The van der Waals surface area contributed by atoms with Gasteiger partial charge in [-0.15, -0.1) is 0 Å². The maximum absolute atomic E-state index is 12.0. The summed E-state index contributed by atoms with van der Waals surface area (Å²) in [6, 6.07) is 0.356. The Morgan fingerprint density at radius 3 is 2.44 bits per heavy atom. The van der Waals surface area contributed by atoms with Gasteiger partial charge in [-0.25, -0.2) is 4.79 Å². The third kappa shape index (κ3) is 2.48. The normalized spacial score (nSPS) is 30.6. The molecule has 0 spiro atoms. The van der Waals surface area contributed by atoms with E-state index in [2.05, 4.69) is 0 Å². The van der Waals surface area contributed by atoms with E-state index in [-0.39, 0.29) is 18.2 Å². The van der Waals surface area contributed by atoms with Crippen molar-refractivity contribution in [1.29, 1.82) is 0 Å². The van der Waals surface area contributed by atoms with Gasteiger partial charge in [-0.3, -0.25) is 0 Å². The van der Waals surface area contributed by atoms with Crippen LogP contribution in [0.15, 0.2) is 0 Å². The van der Waals surface area contributed by atoms with Crippen LogP contribution in [0.2, 0.25) is 0 Å². The first-order valence-electron chi connectivity index (χ1n) is 6.14. The summed E-state index contributed by atoms with van der Waals surface area (Å²) < 4.78 is 5.41. The van der Waals surface area contributed by atoms with Crippen LogP contribution in [0.1, 0.15) is 40.0 Å². The molecule has 2 rings (SSSR count). The quantitative estimate of drug-likeness (QED) is 0.741. The molecule has 1 heterocycles. The summed E-state index contributed by atoms with van der Waals surface area (Å²) in [7, 11) is 0. The Bertz CT molecular complexity index is 281. The van der Waals surface area contributed by atoms with E-state index in [1.807, 2.05) is 25.7 Å². The molecule has 16 heavy (non-hydrogen) atoms. The fourth-order valence-corrected chi connectivity index (χ4v) is 2.41. The van der Waals surface area contributed by atoms with Crippen LogP contribution < -0.4 is 5.73 Å². The topological polar surface area (TPSA) is 55.6 Å². The molecule has 92 valence electrons. The minimum atomic E-state index is -0.419. The highest BCUT2D eigenvalue weighted by Crippen LogP contribution is 2.40. The zero-order valence-electron chi connectivity index (χ0n) is 10.4. The smallest absolute Gasteiger partial charge is 0.410 e. The zero-order valence-corrected chi connectivity index (χ0v) is 10.4. The van der Waals surface area contributed by atoms with E-state index in [9.17, 15) is 4.79 Å². The van der Waals surface area contributed by atoms with Crippen molar-refractivity contribution in [2.75, 3.05) is 6.54 Å². The van der Waals surface area contributed by atoms with Crippen LogP contribution in [0.4, 0.5) is 4.79 Å². The van der Waals surface area contributed by atoms with E-state index in [1.165, 1.54) is 12.8 Å². The summed E-state index contributed by atoms with van der Waals surface area (Å²) in [5.74, 6) is 0.616. The van der Waals surface area contributed by atoms with Crippen molar-refractivity contribution >= 4 is 6.09 Å². The third-order valence-electron chi connectivity index (χ3n) is 3.23. The zero-order chi connectivity index (χ0) is 11.9. The number of carbonyl (C=O) groups is 1. The van der Waals surface area contributed by atoms with Gasteiger partial charge in [-0.2, -0.15) is 0 Å². The molecule has 0 radical (unpaired) electrons. The molecule has 1 saturated heterocycles. The van der Waals surface area contributed by atoms with Gasteiger partial charge in [0.05, 0.1) is 6.04 Å². The number of likely N-dealkylation sites (tertiary alicyclic amines) is 1. The van der Waals surface area contributed by atoms with Gasteiger partial charge in [-0.1, -0.05) is 0 Å². The number of hydrogen-bond donors (Lipinski definition) is 1. The predicted octanol–water partition coefficient (Wildman–Crippen LogP) is 1.73. The fourth-order valence-electron chi connectivity index (χ4n) is 2.41. The summed E-state index contributed by atoms with van der Waals surface area (Å²) in [4.78, 5) is 13.8. The molecular weight excluding hydrogens is 204 g/mol. The predicted molar refractivity (Wildman–Crippen MR) is 62.0 cm³/mol. The number of rotatable bonds is 1. The minimum Gasteiger partial charge on any atom is -0.444 e. The Labute approximate surface area is 97.1 Å². The Balaban J connectivity index is 2.00. The van der Waals surface area contributed by atoms with Gasteiger partial charge in [0.15, 0.2) is 0 Å². The standard InChI is InChI=1S/C12H22N2O2/c1-12(2,3)16-11(15)14-7-6-9(13)10(14)8-4-5-8/h8-10H,4-7,13H2,1-3H3/t9-,10+/m1/s1. The summed E-state index contributed by atoms with van der Waals surface area (Å²) in [5, 5.41) is 0. The van der Waals surface area contributed by atoms with Crippen molar-refractivity contribution in [2.45, 2.75) is 57.7 Å². The Morgan fingerprint density at radius 1 is 1.31 bits per heavy atom. The van der Waals surface area contributed by atoms with Gasteiger partial charge in [0.2, 0.25) is 0 Å². The van der Waals surface area contributed by atoms with Crippen LogP contribution in [0, 0.1) is 5.92 Å². The van der Waals surface area contributed by atoms with E-state index in [4.69, 9.17) is 10.5 Å². The molecule has 2 N–H and O–H groups in total. The van der Waals surface area contributed by atoms with E-state index in [1.54, 1.807) is 0 Å². The van der Waals surface area contributed by atoms with Crippen molar-refractivity contribution < 1.29 is 9.53 Å². The molecule has 0 aromatic heterocycles. The van der Waals surface area contributed by atoms with Crippen LogP contribution in [0.5, 0.6) is 0 Å². The number of hydrogen-bond acceptors (Lipinski definition) is 3. The molecule has 1 amide bonds. The summed E-state index contributed by atoms with van der Waals surface area (Å²) >= 11 is 0. The van der Waals surface area contributed by atoms with Gasteiger partial charge in [-0.05, 0) is 46.0 Å².